The van der Waals surface area contributed by atoms with E-state index in [-0.39, 0.29) is 0 Å². The summed E-state index contributed by atoms with van der Waals surface area (Å²) in [5, 5.41) is 3.49. The molecule has 0 aromatic heterocycles. The van der Waals surface area contributed by atoms with Gasteiger partial charge >= 0.3 is 0 Å². The first-order valence-electron chi connectivity index (χ1n) is 8.69. The zero-order valence-electron chi connectivity index (χ0n) is 14.1. The molecule has 1 aliphatic carbocycles. The fraction of sp³-hybridized carbons (Fsp3) is 0.684. The second-order valence-corrected chi connectivity index (χ2v) is 6.74. The first kappa shape index (κ1) is 16.5. The highest BCUT2D eigenvalue weighted by Crippen LogP contribution is 2.28. The predicted molar refractivity (Wildman–Crippen MR) is 91.3 cm³/mol. The fourth-order valence-electron chi connectivity index (χ4n) is 3.60. The van der Waals surface area contributed by atoms with Gasteiger partial charge in [-0.2, -0.15) is 0 Å². The predicted octanol–water partition coefficient (Wildman–Crippen LogP) is 4.20. The molecular formula is C19H32N2. The van der Waals surface area contributed by atoms with Crippen LogP contribution < -0.4 is 5.32 Å². The maximum atomic E-state index is 3.49. The summed E-state index contributed by atoms with van der Waals surface area (Å²) in [7, 11) is 2.30. The van der Waals surface area contributed by atoms with Crippen molar-refractivity contribution in [3.8, 4) is 0 Å². The Bertz CT molecular complexity index is 416. The molecule has 1 fully saturated rings. The van der Waals surface area contributed by atoms with Crippen LogP contribution in [0.25, 0.3) is 0 Å². The Morgan fingerprint density at radius 1 is 1.19 bits per heavy atom. The Labute approximate surface area is 130 Å². The SMILES string of the molecule is CCCNCc1cccc(CN(C)C2CCCCC2C)c1. The van der Waals surface area contributed by atoms with E-state index in [0.29, 0.717) is 0 Å². The molecule has 0 bridgehead atoms. The molecule has 1 N–H and O–H groups in total. The normalized spacial score (nSPS) is 22.7. The highest BCUT2D eigenvalue weighted by atomic mass is 15.1. The van der Waals surface area contributed by atoms with Crippen molar-refractivity contribution < 1.29 is 0 Å². The molecule has 2 atom stereocenters. The maximum Gasteiger partial charge on any atom is 0.0233 e. The van der Waals surface area contributed by atoms with Crippen LogP contribution in [0.5, 0.6) is 0 Å². The summed E-state index contributed by atoms with van der Waals surface area (Å²) in [4.78, 5) is 2.57. The molecule has 1 aromatic carbocycles. The van der Waals surface area contributed by atoms with Crippen molar-refractivity contribution in [3.63, 3.8) is 0 Å². The third-order valence-corrected chi connectivity index (χ3v) is 4.81. The highest BCUT2D eigenvalue weighted by molar-refractivity contribution is 5.23. The van der Waals surface area contributed by atoms with E-state index in [1.807, 2.05) is 0 Å². The van der Waals surface area contributed by atoms with E-state index < -0.39 is 0 Å². The minimum absolute atomic E-state index is 0.764. The number of nitrogens with zero attached hydrogens (tertiary/aromatic N) is 1. The van der Waals surface area contributed by atoms with Crippen molar-refractivity contribution in [2.24, 2.45) is 5.92 Å². The van der Waals surface area contributed by atoms with Gasteiger partial charge in [0.25, 0.3) is 0 Å². The number of hydrogen-bond donors (Lipinski definition) is 1. The average molecular weight is 288 g/mol. The smallest absolute Gasteiger partial charge is 0.0233 e. The summed E-state index contributed by atoms with van der Waals surface area (Å²) in [5.41, 5.74) is 2.86. The monoisotopic (exact) mass is 288 g/mol. The highest BCUT2D eigenvalue weighted by Gasteiger charge is 2.24. The number of hydrogen-bond acceptors (Lipinski definition) is 2. The molecule has 0 amide bonds. The minimum Gasteiger partial charge on any atom is -0.313 e. The van der Waals surface area contributed by atoms with Crippen LogP contribution >= 0.6 is 0 Å². The van der Waals surface area contributed by atoms with Crippen LogP contribution in [-0.4, -0.2) is 24.5 Å². The molecular weight excluding hydrogens is 256 g/mol. The van der Waals surface area contributed by atoms with E-state index in [1.54, 1.807) is 0 Å². The van der Waals surface area contributed by atoms with Gasteiger partial charge in [-0.3, -0.25) is 4.90 Å². The molecule has 1 aliphatic rings. The van der Waals surface area contributed by atoms with Crippen molar-refractivity contribution in [1.82, 2.24) is 10.2 Å². The molecule has 2 heteroatoms. The van der Waals surface area contributed by atoms with E-state index in [2.05, 4.69) is 55.4 Å². The molecule has 2 nitrogen and oxygen atoms in total. The molecule has 0 spiro atoms. The Morgan fingerprint density at radius 3 is 2.71 bits per heavy atom. The summed E-state index contributed by atoms with van der Waals surface area (Å²) in [6.07, 6.45) is 6.79. The summed E-state index contributed by atoms with van der Waals surface area (Å²) in [6, 6.07) is 9.84. The lowest BCUT2D eigenvalue weighted by Gasteiger charge is -2.36. The average Bonchev–Trinajstić information content (AvgIpc) is 2.48. The van der Waals surface area contributed by atoms with Crippen LogP contribution in [-0.2, 0) is 13.1 Å². The largest absolute Gasteiger partial charge is 0.313 e. The van der Waals surface area contributed by atoms with Crippen molar-refractivity contribution >= 4 is 0 Å². The van der Waals surface area contributed by atoms with E-state index in [9.17, 15) is 0 Å². The Morgan fingerprint density at radius 2 is 1.95 bits per heavy atom. The van der Waals surface area contributed by atoms with Crippen molar-refractivity contribution in [1.29, 1.82) is 0 Å². The van der Waals surface area contributed by atoms with Crippen LogP contribution in [0.4, 0.5) is 0 Å². The van der Waals surface area contributed by atoms with Gasteiger partial charge in [-0.1, -0.05) is 51.0 Å². The van der Waals surface area contributed by atoms with Crippen LogP contribution in [0.15, 0.2) is 24.3 Å². The molecule has 0 aliphatic heterocycles. The van der Waals surface area contributed by atoms with Crippen molar-refractivity contribution in [2.75, 3.05) is 13.6 Å². The maximum absolute atomic E-state index is 3.49. The van der Waals surface area contributed by atoms with Crippen LogP contribution in [0.3, 0.4) is 0 Å². The fourth-order valence-corrected chi connectivity index (χ4v) is 3.60. The quantitative estimate of drug-likeness (QED) is 0.757. The second-order valence-electron chi connectivity index (χ2n) is 6.74. The standard InChI is InChI=1S/C19H32N2/c1-4-12-20-14-17-9-7-10-18(13-17)15-21(3)19-11-6-5-8-16(19)2/h7,9-10,13,16,19-20H,4-6,8,11-12,14-15H2,1-3H3. The van der Waals surface area contributed by atoms with Crippen LogP contribution in [0, 0.1) is 5.92 Å². The van der Waals surface area contributed by atoms with Gasteiger partial charge in [-0.15, -0.1) is 0 Å². The lowest BCUT2D eigenvalue weighted by molar-refractivity contribution is 0.133. The third kappa shape index (κ3) is 5.12. The van der Waals surface area contributed by atoms with Crippen LogP contribution in [0.2, 0.25) is 0 Å². The van der Waals surface area contributed by atoms with Crippen molar-refractivity contribution in [2.45, 2.75) is 65.1 Å². The zero-order chi connectivity index (χ0) is 15.1. The Hall–Kier alpha value is -0.860. The molecule has 1 saturated carbocycles. The minimum atomic E-state index is 0.764. The van der Waals surface area contributed by atoms with Gasteiger partial charge in [0, 0.05) is 19.1 Å². The molecule has 1 aromatic rings. The number of rotatable bonds is 7. The van der Waals surface area contributed by atoms with Gasteiger partial charge in [0.05, 0.1) is 0 Å². The molecule has 21 heavy (non-hydrogen) atoms. The molecule has 2 unspecified atom stereocenters. The zero-order valence-corrected chi connectivity index (χ0v) is 14.1. The first-order chi connectivity index (χ1) is 10.2. The number of nitrogens with one attached hydrogen (secondary N) is 1. The summed E-state index contributed by atoms with van der Waals surface area (Å²) in [6.45, 7) is 7.81. The van der Waals surface area contributed by atoms with E-state index in [0.717, 1.165) is 31.6 Å². The number of benzene rings is 1. The third-order valence-electron chi connectivity index (χ3n) is 4.81. The van der Waals surface area contributed by atoms with Gasteiger partial charge < -0.3 is 5.32 Å². The molecule has 0 saturated heterocycles. The Kier molecular flexibility index (Phi) is 6.72. The van der Waals surface area contributed by atoms with E-state index in [1.165, 1.54) is 43.2 Å². The molecule has 118 valence electrons. The van der Waals surface area contributed by atoms with Gasteiger partial charge in [-0.05, 0) is 49.9 Å². The summed E-state index contributed by atoms with van der Waals surface area (Å²) >= 11 is 0. The molecule has 2 rings (SSSR count). The lowest BCUT2D eigenvalue weighted by atomic mass is 9.85. The second kappa shape index (κ2) is 8.55. The van der Waals surface area contributed by atoms with Gasteiger partial charge in [0.1, 0.15) is 0 Å². The van der Waals surface area contributed by atoms with Gasteiger partial charge in [0.15, 0.2) is 0 Å². The molecule has 0 heterocycles. The van der Waals surface area contributed by atoms with Crippen molar-refractivity contribution in [3.05, 3.63) is 35.4 Å². The summed E-state index contributed by atoms with van der Waals surface area (Å²) in [5.74, 6) is 0.846. The Balaban J connectivity index is 1.90. The topological polar surface area (TPSA) is 15.3 Å². The van der Waals surface area contributed by atoms with E-state index in [4.69, 9.17) is 0 Å². The van der Waals surface area contributed by atoms with Gasteiger partial charge in [0.2, 0.25) is 0 Å². The van der Waals surface area contributed by atoms with E-state index >= 15 is 0 Å². The molecule has 0 radical (unpaired) electrons. The summed E-state index contributed by atoms with van der Waals surface area (Å²) < 4.78 is 0. The van der Waals surface area contributed by atoms with Crippen LogP contribution in [0.1, 0.15) is 57.1 Å². The lowest BCUT2D eigenvalue weighted by Crippen LogP contribution is -2.38. The first-order valence-corrected chi connectivity index (χ1v) is 8.69. The van der Waals surface area contributed by atoms with Gasteiger partial charge in [-0.25, -0.2) is 0 Å².